The van der Waals surface area contributed by atoms with Gasteiger partial charge in [-0.2, -0.15) is 0 Å². The lowest BCUT2D eigenvalue weighted by Crippen LogP contribution is -2.29. The predicted molar refractivity (Wildman–Crippen MR) is 63.0 cm³/mol. The number of ether oxygens (including phenoxy) is 2. The molecule has 5 heteroatoms. The van der Waals surface area contributed by atoms with E-state index in [1.807, 2.05) is 0 Å². The molecule has 0 spiro atoms. The van der Waals surface area contributed by atoms with Crippen LogP contribution in [0.15, 0.2) is 24.3 Å². The van der Waals surface area contributed by atoms with E-state index in [4.69, 9.17) is 9.47 Å². The highest BCUT2D eigenvalue weighted by molar-refractivity contribution is 5.85. The van der Waals surface area contributed by atoms with Crippen molar-refractivity contribution < 1.29 is 19.1 Å². The Labute approximate surface area is 99.9 Å². The molecule has 0 saturated carbocycles. The summed E-state index contributed by atoms with van der Waals surface area (Å²) in [4.78, 5) is 23.4. The smallest absolute Gasteiger partial charge is 0.326 e. The van der Waals surface area contributed by atoms with Crippen LogP contribution in [0.4, 0.5) is 5.69 Å². The number of carbonyl (C=O) groups is 2. The molecule has 0 saturated heterocycles. The number of esters is 1. The molecule has 0 heterocycles. The fraction of sp³-hybridized carbons (Fsp3) is 0.333. The largest absolute Gasteiger partial charge is 0.497 e. The number of carbonyl (C=O) groups excluding carboxylic acids is 2. The van der Waals surface area contributed by atoms with Gasteiger partial charge in [0.25, 0.3) is 0 Å². The van der Waals surface area contributed by atoms with Crippen molar-refractivity contribution in [2.24, 2.45) is 0 Å². The van der Waals surface area contributed by atoms with Crippen molar-refractivity contribution in [3.8, 4) is 5.75 Å². The first kappa shape index (κ1) is 13.0. The maximum absolute atomic E-state index is 11.3. The lowest BCUT2D eigenvalue weighted by atomic mass is 10.3. The average molecular weight is 237 g/mol. The Hall–Kier alpha value is -2.04. The Kier molecular flexibility index (Phi) is 5.00. The Bertz CT molecular complexity index is 375. The van der Waals surface area contributed by atoms with Crippen LogP contribution >= 0.6 is 0 Å². The predicted octanol–water partition coefficient (Wildman–Crippen LogP) is 1.22. The van der Waals surface area contributed by atoms with E-state index in [0.717, 1.165) is 0 Å². The Morgan fingerprint density at radius 2 is 2.00 bits per heavy atom. The molecular formula is C12H15NO4. The highest BCUT2D eigenvalue weighted by Crippen LogP contribution is 2.18. The molecule has 1 amide bonds. The summed E-state index contributed by atoms with van der Waals surface area (Å²) < 4.78 is 9.78. The fourth-order valence-corrected chi connectivity index (χ4v) is 1.31. The van der Waals surface area contributed by atoms with Crippen LogP contribution in [0.5, 0.6) is 5.75 Å². The first-order valence-electron chi connectivity index (χ1n) is 5.23. The molecule has 0 atom stereocenters. The Morgan fingerprint density at radius 1 is 1.35 bits per heavy atom. The van der Waals surface area contributed by atoms with Gasteiger partial charge in [0.05, 0.1) is 13.7 Å². The van der Waals surface area contributed by atoms with Gasteiger partial charge in [0.2, 0.25) is 6.41 Å². The highest BCUT2D eigenvalue weighted by Gasteiger charge is 2.11. The van der Waals surface area contributed by atoms with Crippen LogP contribution in [-0.4, -0.2) is 32.6 Å². The van der Waals surface area contributed by atoms with E-state index in [1.165, 1.54) is 4.90 Å². The van der Waals surface area contributed by atoms with E-state index in [9.17, 15) is 9.59 Å². The molecule has 0 aliphatic carbocycles. The molecular weight excluding hydrogens is 222 g/mol. The Balaban J connectivity index is 2.72. The van der Waals surface area contributed by atoms with Gasteiger partial charge < -0.3 is 14.4 Å². The number of anilines is 1. The minimum absolute atomic E-state index is 0.0936. The molecule has 0 aromatic heterocycles. The fourth-order valence-electron chi connectivity index (χ4n) is 1.31. The first-order chi connectivity index (χ1) is 8.21. The maximum Gasteiger partial charge on any atom is 0.326 e. The summed E-state index contributed by atoms with van der Waals surface area (Å²) in [6.07, 6.45) is 0.596. The van der Waals surface area contributed by atoms with Gasteiger partial charge >= 0.3 is 5.97 Å². The van der Waals surface area contributed by atoms with Crippen molar-refractivity contribution in [2.45, 2.75) is 6.92 Å². The van der Waals surface area contributed by atoms with Crippen molar-refractivity contribution in [3.63, 3.8) is 0 Å². The molecule has 0 N–H and O–H groups in total. The number of nitrogens with zero attached hydrogens (tertiary/aromatic N) is 1. The standard InChI is InChI=1S/C12H15NO4/c1-3-17-12(15)8-13(9-14)10-4-6-11(16-2)7-5-10/h4-7,9H,3,8H2,1-2H3. The minimum atomic E-state index is -0.435. The molecule has 1 rings (SSSR count). The van der Waals surface area contributed by atoms with E-state index in [0.29, 0.717) is 24.5 Å². The van der Waals surface area contributed by atoms with Gasteiger partial charge in [0, 0.05) is 5.69 Å². The van der Waals surface area contributed by atoms with Crippen LogP contribution in [0.3, 0.4) is 0 Å². The van der Waals surface area contributed by atoms with Crippen molar-refractivity contribution in [2.75, 3.05) is 25.2 Å². The Morgan fingerprint density at radius 3 is 2.47 bits per heavy atom. The van der Waals surface area contributed by atoms with Gasteiger partial charge in [0.1, 0.15) is 12.3 Å². The number of rotatable bonds is 6. The van der Waals surface area contributed by atoms with Crippen LogP contribution in [0.25, 0.3) is 0 Å². The molecule has 0 radical (unpaired) electrons. The molecule has 0 aliphatic rings. The highest BCUT2D eigenvalue weighted by atomic mass is 16.5. The molecule has 0 aliphatic heterocycles. The second kappa shape index (κ2) is 6.52. The maximum atomic E-state index is 11.3. The van der Waals surface area contributed by atoms with E-state index >= 15 is 0 Å². The van der Waals surface area contributed by atoms with E-state index < -0.39 is 5.97 Å². The van der Waals surface area contributed by atoms with Gasteiger partial charge in [0.15, 0.2) is 0 Å². The summed E-state index contributed by atoms with van der Waals surface area (Å²) in [6.45, 7) is 1.92. The number of hydrogen-bond acceptors (Lipinski definition) is 4. The summed E-state index contributed by atoms with van der Waals surface area (Å²) in [5.74, 6) is 0.256. The van der Waals surface area contributed by atoms with Gasteiger partial charge in [-0.05, 0) is 31.2 Å². The van der Waals surface area contributed by atoms with Crippen LogP contribution in [0.2, 0.25) is 0 Å². The van der Waals surface area contributed by atoms with Crippen molar-refractivity contribution in [1.82, 2.24) is 0 Å². The molecule has 0 unspecified atom stereocenters. The first-order valence-corrected chi connectivity index (χ1v) is 5.23. The number of amides is 1. The SMILES string of the molecule is CCOC(=O)CN(C=O)c1ccc(OC)cc1. The summed E-state index contributed by atoms with van der Waals surface area (Å²) in [5, 5.41) is 0. The normalized spacial score (nSPS) is 9.53. The molecule has 0 bridgehead atoms. The lowest BCUT2D eigenvalue weighted by molar-refractivity contribution is -0.141. The molecule has 1 aromatic carbocycles. The zero-order chi connectivity index (χ0) is 12.7. The van der Waals surface area contributed by atoms with Crippen LogP contribution in [0.1, 0.15) is 6.92 Å². The monoisotopic (exact) mass is 237 g/mol. The zero-order valence-corrected chi connectivity index (χ0v) is 9.88. The quantitative estimate of drug-likeness (QED) is 0.551. The van der Waals surface area contributed by atoms with Crippen molar-refractivity contribution in [1.29, 1.82) is 0 Å². The second-order valence-electron chi connectivity index (χ2n) is 3.24. The third-order valence-corrected chi connectivity index (χ3v) is 2.14. The van der Waals surface area contributed by atoms with Crippen molar-refractivity contribution >= 4 is 18.1 Å². The van der Waals surface area contributed by atoms with Gasteiger partial charge in [-0.15, -0.1) is 0 Å². The molecule has 92 valence electrons. The second-order valence-corrected chi connectivity index (χ2v) is 3.24. The number of hydrogen-bond donors (Lipinski definition) is 0. The van der Waals surface area contributed by atoms with Crippen molar-refractivity contribution in [3.05, 3.63) is 24.3 Å². The molecule has 0 fully saturated rings. The van der Waals surface area contributed by atoms with E-state index in [2.05, 4.69) is 0 Å². The topological polar surface area (TPSA) is 55.8 Å². The van der Waals surface area contributed by atoms with Gasteiger partial charge in [-0.1, -0.05) is 0 Å². The summed E-state index contributed by atoms with van der Waals surface area (Å²) in [5.41, 5.74) is 0.619. The van der Waals surface area contributed by atoms with Crippen LogP contribution in [-0.2, 0) is 14.3 Å². The zero-order valence-electron chi connectivity index (χ0n) is 9.88. The molecule has 5 nitrogen and oxygen atoms in total. The van der Waals surface area contributed by atoms with Gasteiger partial charge in [-0.25, -0.2) is 0 Å². The summed E-state index contributed by atoms with van der Waals surface area (Å²) >= 11 is 0. The molecule has 17 heavy (non-hydrogen) atoms. The number of methoxy groups -OCH3 is 1. The van der Waals surface area contributed by atoms with E-state index in [-0.39, 0.29) is 6.54 Å². The van der Waals surface area contributed by atoms with Crippen LogP contribution < -0.4 is 9.64 Å². The lowest BCUT2D eigenvalue weighted by Gasteiger charge is -2.16. The average Bonchev–Trinajstić information content (AvgIpc) is 2.36. The molecule has 1 aromatic rings. The summed E-state index contributed by atoms with van der Waals surface area (Å²) in [7, 11) is 1.56. The van der Waals surface area contributed by atoms with E-state index in [1.54, 1.807) is 38.3 Å². The third kappa shape index (κ3) is 3.79. The van der Waals surface area contributed by atoms with Gasteiger partial charge in [-0.3, -0.25) is 9.59 Å². The summed E-state index contributed by atoms with van der Waals surface area (Å²) in [6, 6.07) is 6.84. The number of benzene rings is 1. The minimum Gasteiger partial charge on any atom is -0.497 e. The third-order valence-electron chi connectivity index (χ3n) is 2.14. The van der Waals surface area contributed by atoms with Crippen LogP contribution in [0, 0.1) is 0 Å².